The minimum atomic E-state index is -0.419. The molecule has 0 aliphatic rings. The molecule has 15 heavy (non-hydrogen) atoms. The van der Waals surface area contributed by atoms with E-state index in [4.69, 9.17) is 0 Å². The summed E-state index contributed by atoms with van der Waals surface area (Å²) in [6.07, 6.45) is 1.76. The summed E-state index contributed by atoms with van der Waals surface area (Å²) in [4.78, 5) is 10.1. The summed E-state index contributed by atoms with van der Waals surface area (Å²) in [5.74, 6) is 0. The number of nitrogens with zero attached hydrogens (tertiary/aromatic N) is 3. The van der Waals surface area contributed by atoms with E-state index in [1.807, 2.05) is 6.07 Å². The van der Waals surface area contributed by atoms with Crippen LogP contribution in [-0.4, -0.2) is 14.7 Å². The molecule has 0 fully saturated rings. The molecule has 6 heteroatoms. The van der Waals surface area contributed by atoms with Crippen molar-refractivity contribution in [2.75, 3.05) is 0 Å². The van der Waals surface area contributed by atoms with Crippen LogP contribution in [0.1, 0.15) is 0 Å². The first-order valence-corrected chi connectivity index (χ1v) is 5.21. The highest BCUT2D eigenvalue weighted by Gasteiger charge is 2.07. The van der Waals surface area contributed by atoms with Crippen molar-refractivity contribution in [3.05, 3.63) is 50.3 Å². The molecule has 76 valence electrons. The minimum absolute atomic E-state index is 0.0676. The van der Waals surface area contributed by atoms with Gasteiger partial charge in [0.25, 0.3) is 5.69 Å². The van der Waals surface area contributed by atoms with Crippen LogP contribution in [0.3, 0.4) is 0 Å². The molecule has 0 N–H and O–H groups in total. The molecule has 0 bridgehead atoms. The van der Waals surface area contributed by atoms with Crippen LogP contribution < -0.4 is 0 Å². The summed E-state index contributed by atoms with van der Waals surface area (Å²) < 4.78 is 2.45. The van der Waals surface area contributed by atoms with Gasteiger partial charge in [0.2, 0.25) is 0 Å². The Bertz CT molecular complexity index is 510. The molecule has 0 aliphatic carbocycles. The maximum Gasteiger partial charge on any atom is 0.271 e. The third-order valence-electron chi connectivity index (χ3n) is 1.86. The number of hydrogen-bond donors (Lipinski definition) is 0. The van der Waals surface area contributed by atoms with E-state index in [9.17, 15) is 10.1 Å². The molecule has 0 saturated carbocycles. The van der Waals surface area contributed by atoms with E-state index in [-0.39, 0.29) is 5.69 Å². The lowest BCUT2D eigenvalue weighted by Crippen LogP contribution is -1.96. The molecule has 1 heterocycles. The maximum absolute atomic E-state index is 10.6. The lowest BCUT2D eigenvalue weighted by molar-refractivity contribution is -0.384. The highest BCUT2D eigenvalue weighted by Crippen LogP contribution is 2.16. The number of benzene rings is 1. The van der Waals surface area contributed by atoms with Crippen LogP contribution in [0.2, 0.25) is 0 Å². The molecule has 0 saturated heterocycles. The second kappa shape index (κ2) is 3.97. The molecule has 0 unspecified atom stereocenters. The Labute approximate surface area is 99.0 Å². The van der Waals surface area contributed by atoms with Crippen LogP contribution in [-0.2, 0) is 0 Å². The number of aromatic nitrogens is 2. The third kappa shape index (κ3) is 2.14. The molecule has 2 aromatic rings. The molecular weight excluding hydrogens is 309 g/mol. The smallest absolute Gasteiger partial charge is 0.258 e. The summed E-state index contributed by atoms with van der Waals surface area (Å²) in [5, 5.41) is 14.7. The van der Waals surface area contributed by atoms with Gasteiger partial charge in [-0.05, 0) is 34.7 Å². The van der Waals surface area contributed by atoms with Crippen LogP contribution in [0, 0.1) is 13.8 Å². The Hall–Kier alpha value is -1.44. The third-order valence-corrected chi connectivity index (χ3v) is 2.44. The van der Waals surface area contributed by atoms with Crippen LogP contribution in [0.25, 0.3) is 5.69 Å². The van der Waals surface area contributed by atoms with Gasteiger partial charge in [0.1, 0.15) is 3.70 Å². The summed E-state index contributed by atoms with van der Waals surface area (Å²) >= 11 is 2.08. The van der Waals surface area contributed by atoms with Gasteiger partial charge in [0.15, 0.2) is 0 Å². The Kier molecular flexibility index (Phi) is 2.67. The van der Waals surface area contributed by atoms with Crippen molar-refractivity contribution in [1.29, 1.82) is 0 Å². The molecule has 2 rings (SSSR count). The number of hydrogen-bond acceptors (Lipinski definition) is 3. The fraction of sp³-hybridized carbons (Fsp3) is 0. The van der Waals surface area contributed by atoms with Gasteiger partial charge in [-0.25, -0.2) is 4.68 Å². The minimum Gasteiger partial charge on any atom is -0.258 e. The Morgan fingerprint density at radius 3 is 2.80 bits per heavy atom. The van der Waals surface area contributed by atoms with E-state index in [1.54, 1.807) is 23.0 Å². The summed E-state index contributed by atoms with van der Waals surface area (Å²) in [6, 6.07) is 8.19. The van der Waals surface area contributed by atoms with Gasteiger partial charge in [-0.3, -0.25) is 10.1 Å². The molecule has 1 aromatic carbocycles. The molecule has 0 atom stereocenters. The summed E-state index contributed by atoms with van der Waals surface area (Å²) in [7, 11) is 0. The van der Waals surface area contributed by atoms with Crippen molar-refractivity contribution < 1.29 is 4.92 Å². The van der Waals surface area contributed by atoms with Crippen molar-refractivity contribution in [2.45, 2.75) is 0 Å². The van der Waals surface area contributed by atoms with Crippen LogP contribution in [0.5, 0.6) is 0 Å². The van der Waals surface area contributed by atoms with Crippen molar-refractivity contribution in [3.8, 4) is 5.69 Å². The predicted molar refractivity (Wildman–Crippen MR) is 62.9 cm³/mol. The number of halogens is 1. The number of non-ortho nitro benzene ring substituents is 1. The lowest BCUT2D eigenvalue weighted by Gasteiger charge is -1.99. The summed E-state index contributed by atoms with van der Waals surface area (Å²) in [5.41, 5.74) is 0.755. The van der Waals surface area contributed by atoms with E-state index in [2.05, 4.69) is 27.7 Å². The van der Waals surface area contributed by atoms with Crippen LogP contribution in [0.4, 0.5) is 5.69 Å². The Balaban J connectivity index is 2.45. The van der Waals surface area contributed by atoms with Crippen molar-refractivity contribution in [3.63, 3.8) is 0 Å². The topological polar surface area (TPSA) is 61.0 Å². The zero-order valence-electron chi connectivity index (χ0n) is 7.50. The first kappa shape index (κ1) is 10.1. The van der Waals surface area contributed by atoms with Gasteiger partial charge in [0.05, 0.1) is 10.6 Å². The first-order chi connectivity index (χ1) is 7.16. The summed E-state index contributed by atoms with van der Waals surface area (Å²) in [6.45, 7) is 0. The normalized spacial score (nSPS) is 10.2. The molecule has 0 amide bonds. The van der Waals surface area contributed by atoms with E-state index < -0.39 is 4.92 Å². The highest BCUT2D eigenvalue weighted by molar-refractivity contribution is 14.1. The standard InChI is InChI=1S/C9H6IN3O2/c10-9-4-5-12(11-9)7-2-1-3-8(6-7)13(14)15/h1-6H. The Morgan fingerprint density at radius 1 is 1.40 bits per heavy atom. The number of rotatable bonds is 2. The van der Waals surface area contributed by atoms with Gasteiger partial charge in [-0.15, -0.1) is 0 Å². The number of nitro groups is 1. The van der Waals surface area contributed by atoms with E-state index >= 15 is 0 Å². The van der Waals surface area contributed by atoms with Gasteiger partial charge in [-0.1, -0.05) is 6.07 Å². The molecule has 0 aliphatic heterocycles. The number of nitro benzene ring substituents is 1. The maximum atomic E-state index is 10.6. The van der Waals surface area contributed by atoms with E-state index in [0.29, 0.717) is 5.69 Å². The fourth-order valence-electron chi connectivity index (χ4n) is 1.19. The van der Waals surface area contributed by atoms with Crippen molar-refractivity contribution >= 4 is 28.3 Å². The van der Waals surface area contributed by atoms with Crippen molar-refractivity contribution in [1.82, 2.24) is 9.78 Å². The molecule has 1 aromatic heterocycles. The highest BCUT2D eigenvalue weighted by atomic mass is 127. The van der Waals surface area contributed by atoms with E-state index in [0.717, 1.165) is 3.70 Å². The quantitative estimate of drug-likeness (QED) is 0.486. The van der Waals surface area contributed by atoms with Gasteiger partial charge < -0.3 is 0 Å². The van der Waals surface area contributed by atoms with Gasteiger partial charge in [0, 0.05) is 18.3 Å². The lowest BCUT2D eigenvalue weighted by atomic mass is 10.3. The van der Waals surface area contributed by atoms with Crippen LogP contribution >= 0.6 is 22.6 Å². The molecule has 0 spiro atoms. The second-order valence-corrected chi connectivity index (χ2v) is 3.97. The van der Waals surface area contributed by atoms with Crippen molar-refractivity contribution in [2.24, 2.45) is 0 Å². The predicted octanol–water partition coefficient (Wildman–Crippen LogP) is 2.39. The van der Waals surface area contributed by atoms with Gasteiger partial charge in [-0.2, -0.15) is 5.10 Å². The van der Waals surface area contributed by atoms with Gasteiger partial charge >= 0.3 is 0 Å². The molecular formula is C9H6IN3O2. The SMILES string of the molecule is O=[N+]([O-])c1cccc(-n2ccc(I)n2)c1. The van der Waals surface area contributed by atoms with Crippen LogP contribution in [0.15, 0.2) is 36.5 Å². The molecule has 0 radical (unpaired) electrons. The average Bonchev–Trinajstić information content (AvgIpc) is 2.65. The zero-order chi connectivity index (χ0) is 10.8. The van der Waals surface area contributed by atoms with E-state index in [1.165, 1.54) is 12.1 Å². The largest absolute Gasteiger partial charge is 0.271 e. The molecule has 5 nitrogen and oxygen atoms in total. The monoisotopic (exact) mass is 315 g/mol. The Morgan fingerprint density at radius 2 is 2.20 bits per heavy atom. The second-order valence-electron chi connectivity index (χ2n) is 2.86. The fourth-order valence-corrected chi connectivity index (χ4v) is 1.59. The average molecular weight is 315 g/mol. The first-order valence-electron chi connectivity index (χ1n) is 4.13. The zero-order valence-corrected chi connectivity index (χ0v) is 9.66.